The molecule has 3 heteroatoms. The first-order valence-corrected chi connectivity index (χ1v) is 9.65. The second-order valence-corrected chi connectivity index (χ2v) is 8.37. The van der Waals surface area contributed by atoms with Crippen LogP contribution in [0.15, 0.2) is 30.8 Å². The van der Waals surface area contributed by atoms with Gasteiger partial charge in [-0.25, -0.2) is 0 Å². The van der Waals surface area contributed by atoms with E-state index in [1.165, 1.54) is 11.1 Å². The van der Waals surface area contributed by atoms with Crippen LogP contribution in [-0.4, -0.2) is 21.8 Å². The van der Waals surface area contributed by atoms with Crippen molar-refractivity contribution in [2.45, 2.75) is 39.3 Å². The van der Waals surface area contributed by atoms with Gasteiger partial charge in [0.1, 0.15) is 0 Å². The first kappa shape index (κ1) is 16.2. The van der Waals surface area contributed by atoms with Gasteiger partial charge in [0.2, 0.25) is 0 Å². The Morgan fingerprint density at radius 2 is 1.84 bits per heavy atom. The summed E-state index contributed by atoms with van der Waals surface area (Å²) in [5, 5.41) is 0. The van der Waals surface area contributed by atoms with Gasteiger partial charge < -0.3 is 8.85 Å². The fourth-order valence-corrected chi connectivity index (χ4v) is 3.61. The Hall–Kier alpha value is -0.903. The summed E-state index contributed by atoms with van der Waals surface area (Å²) >= 11 is 0. The SMILES string of the molecule is C=Cc1ccc(CCCO[Si](C)(CC)OCC)cc1. The second kappa shape index (κ2) is 8.30. The zero-order valence-electron chi connectivity index (χ0n) is 12.4. The minimum atomic E-state index is -1.89. The molecule has 0 fully saturated rings. The maximum Gasteiger partial charge on any atom is 0.334 e. The number of rotatable bonds is 9. The van der Waals surface area contributed by atoms with Crippen molar-refractivity contribution in [2.75, 3.05) is 13.2 Å². The van der Waals surface area contributed by atoms with Gasteiger partial charge in [0.15, 0.2) is 0 Å². The Labute approximate surface area is 118 Å². The Balaban J connectivity index is 2.31. The van der Waals surface area contributed by atoms with Crippen molar-refractivity contribution >= 4 is 14.6 Å². The molecule has 0 aliphatic carbocycles. The lowest BCUT2D eigenvalue weighted by Crippen LogP contribution is -2.38. The molecule has 0 spiro atoms. The highest BCUT2D eigenvalue weighted by molar-refractivity contribution is 6.65. The van der Waals surface area contributed by atoms with E-state index in [1.54, 1.807) is 0 Å². The summed E-state index contributed by atoms with van der Waals surface area (Å²) in [5.41, 5.74) is 2.52. The molecule has 0 bridgehead atoms. The van der Waals surface area contributed by atoms with E-state index in [9.17, 15) is 0 Å². The summed E-state index contributed by atoms with van der Waals surface area (Å²) < 4.78 is 11.8. The van der Waals surface area contributed by atoms with E-state index in [2.05, 4.69) is 44.3 Å². The summed E-state index contributed by atoms with van der Waals surface area (Å²) in [4.78, 5) is 0. The fourth-order valence-electron chi connectivity index (χ4n) is 1.94. The molecule has 0 aliphatic heterocycles. The lowest BCUT2D eigenvalue weighted by atomic mass is 10.1. The minimum Gasteiger partial charge on any atom is -0.395 e. The maximum atomic E-state index is 5.99. The van der Waals surface area contributed by atoms with E-state index in [-0.39, 0.29) is 0 Å². The van der Waals surface area contributed by atoms with E-state index in [1.807, 2.05) is 13.0 Å². The molecule has 0 aromatic heterocycles. The van der Waals surface area contributed by atoms with Crippen molar-refractivity contribution < 1.29 is 8.85 Å². The summed E-state index contributed by atoms with van der Waals surface area (Å²) in [5.74, 6) is 0. The van der Waals surface area contributed by atoms with Crippen LogP contribution in [0.1, 0.15) is 31.4 Å². The molecule has 1 aromatic rings. The lowest BCUT2D eigenvalue weighted by Gasteiger charge is -2.25. The molecular formula is C16H26O2Si. The van der Waals surface area contributed by atoms with Crippen LogP contribution >= 0.6 is 0 Å². The molecular weight excluding hydrogens is 252 g/mol. The van der Waals surface area contributed by atoms with E-state index in [0.717, 1.165) is 32.1 Å². The van der Waals surface area contributed by atoms with Crippen LogP contribution in [0.4, 0.5) is 0 Å². The quantitative estimate of drug-likeness (QED) is 0.492. The number of aryl methyl sites for hydroxylation is 1. The summed E-state index contributed by atoms with van der Waals surface area (Å²) in [6, 6.07) is 9.55. The number of benzene rings is 1. The van der Waals surface area contributed by atoms with Crippen molar-refractivity contribution in [3.05, 3.63) is 42.0 Å². The van der Waals surface area contributed by atoms with Gasteiger partial charge >= 0.3 is 8.56 Å². The maximum absolute atomic E-state index is 5.99. The molecule has 1 unspecified atom stereocenters. The molecule has 0 N–H and O–H groups in total. The molecule has 19 heavy (non-hydrogen) atoms. The van der Waals surface area contributed by atoms with Crippen LogP contribution in [0, 0.1) is 0 Å². The molecule has 0 saturated heterocycles. The summed E-state index contributed by atoms with van der Waals surface area (Å²) in [6.07, 6.45) is 3.97. The van der Waals surface area contributed by atoms with E-state index >= 15 is 0 Å². The normalized spacial score (nSPS) is 14.1. The molecule has 0 heterocycles. The monoisotopic (exact) mass is 278 g/mol. The third kappa shape index (κ3) is 5.72. The Kier molecular flexibility index (Phi) is 7.06. The first-order valence-electron chi connectivity index (χ1n) is 7.13. The van der Waals surface area contributed by atoms with Crippen molar-refractivity contribution in [3.63, 3.8) is 0 Å². The Morgan fingerprint density at radius 3 is 2.37 bits per heavy atom. The van der Waals surface area contributed by atoms with E-state index in [4.69, 9.17) is 8.85 Å². The predicted molar refractivity (Wildman–Crippen MR) is 84.5 cm³/mol. The third-order valence-corrected chi connectivity index (χ3v) is 6.32. The highest BCUT2D eigenvalue weighted by atomic mass is 28.4. The van der Waals surface area contributed by atoms with Crippen molar-refractivity contribution in [1.82, 2.24) is 0 Å². The van der Waals surface area contributed by atoms with Crippen molar-refractivity contribution in [2.24, 2.45) is 0 Å². The number of hydrogen-bond donors (Lipinski definition) is 0. The summed E-state index contributed by atoms with van der Waals surface area (Å²) in [6.45, 7) is 11.6. The van der Waals surface area contributed by atoms with Gasteiger partial charge in [-0.05, 0) is 43.5 Å². The molecule has 0 aliphatic rings. The molecule has 0 radical (unpaired) electrons. The fraction of sp³-hybridized carbons (Fsp3) is 0.500. The van der Waals surface area contributed by atoms with Gasteiger partial charge in [0.05, 0.1) is 0 Å². The highest BCUT2D eigenvalue weighted by Gasteiger charge is 2.28. The van der Waals surface area contributed by atoms with Gasteiger partial charge in [0.25, 0.3) is 0 Å². The van der Waals surface area contributed by atoms with Crippen molar-refractivity contribution in [3.8, 4) is 0 Å². The van der Waals surface area contributed by atoms with Crippen LogP contribution in [0.3, 0.4) is 0 Å². The van der Waals surface area contributed by atoms with Crippen LogP contribution in [0.25, 0.3) is 6.08 Å². The smallest absolute Gasteiger partial charge is 0.334 e. The molecule has 2 nitrogen and oxygen atoms in total. The molecule has 106 valence electrons. The Morgan fingerprint density at radius 1 is 1.16 bits per heavy atom. The Bertz CT molecular complexity index is 375. The first-order chi connectivity index (χ1) is 9.13. The average molecular weight is 278 g/mol. The largest absolute Gasteiger partial charge is 0.395 e. The minimum absolute atomic E-state index is 0.750. The molecule has 0 amide bonds. The molecule has 1 rings (SSSR count). The molecule has 0 saturated carbocycles. The predicted octanol–water partition coefficient (Wildman–Crippen LogP) is 4.41. The van der Waals surface area contributed by atoms with Crippen LogP contribution in [0.2, 0.25) is 12.6 Å². The molecule has 1 atom stereocenters. The topological polar surface area (TPSA) is 18.5 Å². The van der Waals surface area contributed by atoms with Crippen molar-refractivity contribution in [1.29, 1.82) is 0 Å². The zero-order valence-corrected chi connectivity index (χ0v) is 13.4. The van der Waals surface area contributed by atoms with Gasteiger partial charge in [-0.15, -0.1) is 0 Å². The van der Waals surface area contributed by atoms with Gasteiger partial charge in [-0.3, -0.25) is 0 Å². The third-order valence-electron chi connectivity index (χ3n) is 3.32. The lowest BCUT2D eigenvalue weighted by molar-refractivity contribution is 0.180. The average Bonchev–Trinajstić information content (AvgIpc) is 2.44. The van der Waals surface area contributed by atoms with Crippen LogP contribution in [-0.2, 0) is 15.3 Å². The van der Waals surface area contributed by atoms with Crippen LogP contribution in [0.5, 0.6) is 0 Å². The van der Waals surface area contributed by atoms with E-state index in [0.29, 0.717) is 0 Å². The van der Waals surface area contributed by atoms with Gasteiger partial charge in [0, 0.05) is 13.2 Å². The highest BCUT2D eigenvalue weighted by Crippen LogP contribution is 2.14. The number of hydrogen-bond acceptors (Lipinski definition) is 2. The standard InChI is InChI=1S/C16H26O2Si/c1-5-15-10-12-16(13-11-15)9-8-14-18-19(4,7-3)17-6-2/h5,10-13H,1,6-9,14H2,2-4H3. The van der Waals surface area contributed by atoms with Gasteiger partial charge in [-0.1, -0.05) is 43.8 Å². The summed E-state index contributed by atoms with van der Waals surface area (Å²) in [7, 11) is -1.89. The van der Waals surface area contributed by atoms with Gasteiger partial charge in [-0.2, -0.15) is 0 Å². The van der Waals surface area contributed by atoms with Crippen LogP contribution < -0.4 is 0 Å². The molecule has 1 aromatic carbocycles. The van der Waals surface area contributed by atoms with E-state index < -0.39 is 8.56 Å². The zero-order chi connectivity index (χ0) is 14.1. The second-order valence-electron chi connectivity index (χ2n) is 4.82.